The lowest BCUT2D eigenvalue weighted by molar-refractivity contribution is -0.138. The topological polar surface area (TPSA) is 98.7 Å². The first-order valence-corrected chi connectivity index (χ1v) is 7.40. The molecule has 0 heterocycles. The number of hydrogen-bond donors (Lipinski definition) is 3. The lowest BCUT2D eigenvalue weighted by atomic mass is 10.0. The van der Waals surface area contributed by atoms with Gasteiger partial charge in [0, 0.05) is 26.1 Å². The second-order valence-corrected chi connectivity index (χ2v) is 4.96. The molecule has 2 unspecified atom stereocenters. The predicted molar refractivity (Wildman–Crippen MR) is 80.0 cm³/mol. The van der Waals surface area contributed by atoms with Crippen molar-refractivity contribution in [2.75, 3.05) is 19.6 Å². The monoisotopic (exact) mass is 301 g/mol. The Balaban J connectivity index is 4.24. The van der Waals surface area contributed by atoms with Crippen molar-refractivity contribution in [2.45, 2.75) is 46.6 Å². The smallest absolute Gasteiger partial charge is 0.315 e. The van der Waals surface area contributed by atoms with Gasteiger partial charge in [0.2, 0.25) is 5.91 Å². The first-order chi connectivity index (χ1) is 9.85. The molecule has 0 fully saturated rings. The van der Waals surface area contributed by atoms with Gasteiger partial charge in [0.1, 0.15) is 6.04 Å². The van der Waals surface area contributed by atoms with E-state index in [1.807, 2.05) is 20.8 Å². The van der Waals surface area contributed by atoms with Crippen LogP contribution in [0.4, 0.5) is 4.79 Å². The van der Waals surface area contributed by atoms with Crippen LogP contribution in [0.15, 0.2) is 0 Å². The van der Waals surface area contributed by atoms with Gasteiger partial charge in [0.05, 0.1) is 0 Å². The van der Waals surface area contributed by atoms with Crippen LogP contribution in [0.2, 0.25) is 0 Å². The van der Waals surface area contributed by atoms with Gasteiger partial charge in [-0.1, -0.05) is 13.3 Å². The van der Waals surface area contributed by atoms with Gasteiger partial charge in [-0.25, -0.2) is 4.79 Å². The van der Waals surface area contributed by atoms with E-state index >= 15 is 0 Å². The molecule has 21 heavy (non-hydrogen) atoms. The summed E-state index contributed by atoms with van der Waals surface area (Å²) in [4.78, 5) is 36.0. The summed E-state index contributed by atoms with van der Waals surface area (Å²) in [6.45, 7) is 8.74. The molecule has 0 radical (unpaired) electrons. The largest absolute Gasteiger partial charge is 0.481 e. The number of aliphatic carboxylic acids is 1. The van der Waals surface area contributed by atoms with Crippen LogP contribution in [-0.4, -0.2) is 53.6 Å². The summed E-state index contributed by atoms with van der Waals surface area (Å²) in [5.41, 5.74) is 0. The maximum Gasteiger partial charge on any atom is 0.315 e. The highest BCUT2D eigenvalue weighted by Crippen LogP contribution is 2.06. The van der Waals surface area contributed by atoms with Crippen LogP contribution in [0.25, 0.3) is 0 Å². The Kier molecular flexibility index (Phi) is 9.16. The summed E-state index contributed by atoms with van der Waals surface area (Å²) in [7, 11) is 0. The zero-order chi connectivity index (χ0) is 16.4. The number of nitrogens with zero attached hydrogens (tertiary/aromatic N) is 1. The standard InChI is InChI=1S/C14H27N3O4/c1-5-11(8-12(18)19)9-15-14(21)16-10(4)13(20)17(6-2)7-3/h10-11H,5-9H2,1-4H3,(H,18,19)(H2,15,16,21). The van der Waals surface area contributed by atoms with Gasteiger partial charge in [-0.15, -0.1) is 0 Å². The molecule has 0 aliphatic rings. The van der Waals surface area contributed by atoms with Gasteiger partial charge in [-0.05, 0) is 26.7 Å². The van der Waals surface area contributed by atoms with Crippen molar-refractivity contribution in [2.24, 2.45) is 5.92 Å². The number of carboxylic acid groups (broad SMARTS) is 1. The van der Waals surface area contributed by atoms with E-state index in [9.17, 15) is 14.4 Å². The van der Waals surface area contributed by atoms with Gasteiger partial charge in [-0.2, -0.15) is 0 Å². The highest BCUT2D eigenvalue weighted by Gasteiger charge is 2.20. The van der Waals surface area contributed by atoms with Crippen LogP contribution in [0.3, 0.4) is 0 Å². The lowest BCUT2D eigenvalue weighted by Gasteiger charge is -2.23. The molecule has 0 saturated carbocycles. The Labute approximate surface area is 126 Å². The van der Waals surface area contributed by atoms with Crippen molar-refractivity contribution >= 4 is 17.9 Å². The molecule has 2 atom stereocenters. The summed E-state index contributed by atoms with van der Waals surface area (Å²) in [5.74, 6) is -1.12. The quantitative estimate of drug-likeness (QED) is 0.592. The average Bonchev–Trinajstić information content (AvgIpc) is 2.44. The molecule has 0 aliphatic heterocycles. The molecule has 0 bridgehead atoms. The van der Waals surface area contributed by atoms with E-state index in [0.29, 0.717) is 19.5 Å². The fraction of sp³-hybridized carbons (Fsp3) is 0.786. The minimum atomic E-state index is -0.880. The lowest BCUT2D eigenvalue weighted by Crippen LogP contribution is -2.50. The number of carbonyl (C=O) groups excluding carboxylic acids is 2. The molecule has 0 aromatic rings. The number of carbonyl (C=O) groups is 3. The second kappa shape index (κ2) is 10.0. The number of hydrogen-bond acceptors (Lipinski definition) is 3. The van der Waals surface area contributed by atoms with E-state index in [0.717, 1.165) is 0 Å². The first kappa shape index (κ1) is 19.2. The highest BCUT2D eigenvalue weighted by atomic mass is 16.4. The van der Waals surface area contributed by atoms with Crippen LogP contribution in [0.5, 0.6) is 0 Å². The van der Waals surface area contributed by atoms with Crippen molar-refractivity contribution in [1.29, 1.82) is 0 Å². The SMILES string of the molecule is CCC(CNC(=O)NC(C)C(=O)N(CC)CC)CC(=O)O. The van der Waals surface area contributed by atoms with Gasteiger partial charge in [0.25, 0.3) is 0 Å². The predicted octanol–water partition coefficient (Wildman–Crippen LogP) is 1.04. The van der Waals surface area contributed by atoms with Crippen LogP contribution >= 0.6 is 0 Å². The molecule has 0 aliphatic carbocycles. The molecule has 3 amide bonds. The van der Waals surface area contributed by atoms with Gasteiger partial charge in [-0.3, -0.25) is 9.59 Å². The van der Waals surface area contributed by atoms with Gasteiger partial charge in [0.15, 0.2) is 0 Å². The summed E-state index contributed by atoms with van der Waals surface area (Å²) in [5, 5.41) is 13.9. The number of rotatable bonds is 9. The third-order valence-electron chi connectivity index (χ3n) is 3.39. The average molecular weight is 301 g/mol. The van der Waals surface area contributed by atoms with E-state index in [1.54, 1.807) is 11.8 Å². The van der Waals surface area contributed by atoms with E-state index in [1.165, 1.54) is 0 Å². The number of carboxylic acids is 1. The van der Waals surface area contributed by atoms with Crippen molar-refractivity contribution in [3.63, 3.8) is 0 Å². The third-order valence-corrected chi connectivity index (χ3v) is 3.39. The maximum atomic E-state index is 12.0. The fourth-order valence-corrected chi connectivity index (χ4v) is 1.96. The Morgan fingerprint density at radius 1 is 1.14 bits per heavy atom. The molecule has 0 saturated heterocycles. The molecule has 7 nitrogen and oxygen atoms in total. The highest BCUT2D eigenvalue weighted by molar-refractivity contribution is 5.86. The number of nitrogens with one attached hydrogen (secondary N) is 2. The van der Waals surface area contributed by atoms with Gasteiger partial charge >= 0.3 is 12.0 Å². The maximum absolute atomic E-state index is 12.0. The summed E-state index contributed by atoms with van der Waals surface area (Å²) >= 11 is 0. The molecule has 0 spiro atoms. The molecule has 0 rings (SSSR count). The minimum Gasteiger partial charge on any atom is -0.481 e. The second-order valence-electron chi connectivity index (χ2n) is 4.96. The zero-order valence-corrected chi connectivity index (χ0v) is 13.3. The molecule has 0 aromatic carbocycles. The van der Waals surface area contributed by atoms with Gasteiger partial charge < -0.3 is 20.6 Å². The van der Waals surface area contributed by atoms with Crippen molar-refractivity contribution in [1.82, 2.24) is 15.5 Å². The van der Waals surface area contributed by atoms with Crippen LogP contribution in [0.1, 0.15) is 40.5 Å². The van der Waals surface area contributed by atoms with Crippen LogP contribution in [0, 0.1) is 5.92 Å². The minimum absolute atomic E-state index is 0.0186. The number of urea groups is 1. The number of amides is 3. The Bertz CT molecular complexity index is 356. The third kappa shape index (κ3) is 7.53. The Morgan fingerprint density at radius 2 is 1.71 bits per heavy atom. The van der Waals surface area contributed by atoms with Crippen LogP contribution < -0.4 is 10.6 Å². The summed E-state index contributed by atoms with van der Waals surface area (Å²) in [6, 6.07) is -1.06. The van der Waals surface area contributed by atoms with E-state index in [4.69, 9.17) is 5.11 Å². The first-order valence-electron chi connectivity index (χ1n) is 7.40. The van der Waals surface area contributed by atoms with Crippen molar-refractivity contribution in [3.8, 4) is 0 Å². The van der Waals surface area contributed by atoms with E-state index < -0.39 is 18.0 Å². The Hall–Kier alpha value is -1.79. The molecular formula is C14H27N3O4. The van der Waals surface area contributed by atoms with Crippen molar-refractivity contribution in [3.05, 3.63) is 0 Å². The normalized spacial score (nSPS) is 13.1. The molecular weight excluding hydrogens is 274 g/mol. The zero-order valence-electron chi connectivity index (χ0n) is 13.3. The summed E-state index contributed by atoms with van der Waals surface area (Å²) in [6.07, 6.45) is 0.686. The molecule has 3 N–H and O–H groups in total. The van der Waals surface area contributed by atoms with Crippen LogP contribution in [-0.2, 0) is 9.59 Å². The van der Waals surface area contributed by atoms with E-state index in [-0.39, 0.29) is 24.8 Å². The van der Waals surface area contributed by atoms with E-state index in [2.05, 4.69) is 10.6 Å². The molecule has 0 aromatic heterocycles. The number of likely N-dealkylation sites (N-methyl/N-ethyl adjacent to an activating group) is 1. The Morgan fingerprint density at radius 3 is 2.14 bits per heavy atom. The summed E-state index contributed by atoms with van der Waals surface area (Å²) < 4.78 is 0. The fourth-order valence-electron chi connectivity index (χ4n) is 1.96. The van der Waals surface area contributed by atoms with Crippen molar-refractivity contribution < 1.29 is 19.5 Å². The molecule has 7 heteroatoms. The molecule has 122 valence electrons.